The van der Waals surface area contributed by atoms with Crippen LogP contribution in [0, 0.1) is 18.3 Å². The van der Waals surface area contributed by atoms with E-state index in [1.54, 1.807) is 18.2 Å². The number of hydrogen-bond donors (Lipinski definition) is 0. The molecular formula is C20H15BrN2O3. The predicted octanol–water partition coefficient (Wildman–Crippen LogP) is 4.80. The summed E-state index contributed by atoms with van der Waals surface area (Å²) < 4.78 is 11.6. The van der Waals surface area contributed by atoms with Gasteiger partial charge in [0.05, 0.1) is 33.8 Å². The fraction of sp³-hybridized carbons (Fsp3) is 0.150. The topological polar surface area (TPSA) is 72.2 Å². The molecule has 1 heterocycles. The van der Waals surface area contributed by atoms with Gasteiger partial charge in [-0.2, -0.15) is 5.26 Å². The van der Waals surface area contributed by atoms with Crippen molar-refractivity contribution in [3.63, 3.8) is 0 Å². The molecule has 6 heteroatoms. The maximum atomic E-state index is 12.9. The van der Waals surface area contributed by atoms with Crippen molar-refractivity contribution in [3.05, 3.63) is 63.8 Å². The van der Waals surface area contributed by atoms with Crippen LogP contribution < -0.4 is 9.47 Å². The van der Waals surface area contributed by atoms with Crippen LogP contribution in [0.5, 0.6) is 11.5 Å². The molecule has 0 aliphatic carbocycles. The molecule has 1 aromatic heterocycles. The van der Waals surface area contributed by atoms with Crippen molar-refractivity contribution >= 4 is 32.8 Å². The van der Waals surface area contributed by atoms with Crippen LogP contribution in [-0.4, -0.2) is 17.6 Å². The molecule has 0 N–H and O–H groups in total. The first kappa shape index (κ1) is 17.9. The summed E-state index contributed by atoms with van der Waals surface area (Å²) >= 11 is 3.35. The number of halogens is 1. The van der Waals surface area contributed by atoms with Gasteiger partial charge in [-0.3, -0.25) is 4.98 Å². The van der Waals surface area contributed by atoms with E-state index in [2.05, 4.69) is 27.0 Å². The number of para-hydroxylation sites is 1. The molecule has 26 heavy (non-hydrogen) atoms. The molecule has 0 aliphatic heterocycles. The maximum Gasteiger partial charge on any atom is 0.344 e. The molecule has 0 atom stereocenters. The van der Waals surface area contributed by atoms with Crippen molar-refractivity contribution in [2.24, 2.45) is 0 Å². The second-order valence-electron chi connectivity index (χ2n) is 5.55. The molecule has 3 rings (SSSR count). The first-order valence-corrected chi connectivity index (χ1v) is 8.77. The van der Waals surface area contributed by atoms with Crippen molar-refractivity contribution in [2.45, 2.75) is 13.8 Å². The van der Waals surface area contributed by atoms with Crippen molar-refractivity contribution in [3.8, 4) is 17.6 Å². The van der Waals surface area contributed by atoms with Crippen LogP contribution in [0.15, 0.2) is 46.9 Å². The Labute approximate surface area is 159 Å². The predicted molar refractivity (Wildman–Crippen MR) is 101 cm³/mol. The van der Waals surface area contributed by atoms with Crippen LogP contribution in [0.1, 0.15) is 28.5 Å². The Morgan fingerprint density at radius 1 is 1.27 bits per heavy atom. The minimum absolute atomic E-state index is 0.245. The molecular weight excluding hydrogens is 396 g/mol. The number of fused-ring (bicyclic) bond motifs is 1. The SMILES string of the molecule is CCOc1cc(C#N)cc(Br)c1OC(=O)c1cc(C)nc2ccccc12. The number of aromatic nitrogens is 1. The van der Waals surface area contributed by atoms with E-state index < -0.39 is 5.97 Å². The average molecular weight is 411 g/mol. The number of rotatable bonds is 4. The quantitative estimate of drug-likeness (QED) is 0.456. The van der Waals surface area contributed by atoms with Crippen LogP contribution in [0.25, 0.3) is 10.9 Å². The summed E-state index contributed by atoms with van der Waals surface area (Å²) in [6.45, 7) is 4.02. The maximum absolute atomic E-state index is 12.9. The third kappa shape index (κ3) is 3.53. The molecule has 3 aromatic rings. The largest absolute Gasteiger partial charge is 0.490 e. The Bertz CT molecular complexity index is 1040. The number of ether oxygens (including phenoxy) is 2. The van der Waals surface area contributed by atoms with Crippen LogP contribution in [0.3, 0.4) is 0 Å². The van der Waals surface area contributed by atoms with Gasteiger partial charge in [0.1, 0.15) is 0 Å². The number of benzene rings is 2. The third-order valence-corrected chi connectivity index (χ3v) is 4.29. The molecule has 0 aliphatic rings. The Hall–Kier alpha value is -2.91. The van der Waals surface area contributed by atoms with Gasteiger partial charge in [0.2, 0.25) is 0 Å². The van der Waals surface area contributed by atoms with E-state index in [1.807, 2.05) is 38.1 Å². The van der Waals surface area contributed by atoms with Gasteiger partial charge in [-0.1, -0.05) is 18.2 Å². The van der Waals surface area contributed by atoms with Gasteiger partial charge in [-0.05, 0) is 48.0 Å². The molecule has 0 fully saturated rings. The monoisotopic (exact) mass is 410 g/mol. The second-order valence-corrected chi connectivity index (χ2v) is 6.40. The summed E-state index contributed by atoms with van der Waals surface area (Å²) in [5, 5.41) is 9.83. The summed E-state index contributed by atoms with van der Waals surface area (Å²) in [7, 11) is 0. The third-order valence-electron chi connectivity index (χ3n) is 3.70. The molecule has 0 bridgehead atoms. The van der Waals surface area contributed by atoms with Gasteiger partial charge in [0.15, 0.2) is 11.5 Å². The van der Waals surface area contributed by atoms with E-state index in [0.29, 0.717) is 33.3 Å². The number of carbonyl (C=O) groups excluding carboxylic acids is 1. The van der Waals surface area contributed by atoms with Crippen molar-refractivity contribution < 1.29 is 14.3 Å². The highest BCUT2D eigenvalue weighted by molar-refractivity contribution is 9.10. The fourth-order valence-electron chi connectivity index (χ4n) is 2.62. The minimum atomic E-state index is -0.516. The summed E-state index contributed by atoms with van der Waals surface area (Å²) in [5.74, 6) is 0.0642. The van der Waals surface area contributed by atoms with E-state index in [1.165, 1.54) is 0 Å². The summed E-state index contributed by atoms with van der Waals surface area (Å²) in [5.41, 5.74) is 2.28. The molecule has 0 unspecified atom stereocenters. The standard InChI is InChI=1S/C20H15BrN2O3/c1-3-25-18-10-13(11-22)9-16(21)19(18)26-20(24)15-8-12(2)23-17-7-5-4-6-14(15)17/h4-10H,3H2,1-2H3. The first-order valence-electron chi connectivity index (χ1n) is 7.98. The van der Waals surface area contributed by atoms with Gasteiger partial charge in [0.25, 0.3) is 0 Å². The molecule has 2 aromatic carbocycles. The number of carbonyl (C=O) groups is 1. The highest BCUT2D eigenvalue weighted by atomic mass is 79.9. The van der Waals surface area contributed by atoms with Crippen LogP contribution in [0.4, 0.5) is 0 Å². The molecule has 0 amide bonds. The molecule has 0 spiro atoms. The Morgan fingerprint density at radius 3 is 2.77 bits per heavy atom. The van der Waals surface area contributed by atoms with Gasteiger partial charge in [-0.25, -0.2) is 4.79 Å². The highest BCUT2D eigenvalue weighted by Crippen LogP contribution is 2.37. The molecule has 0 saturated heterocycles. The first-order chi connectivity index (χ1) is 12.5. The molecule has 0 radical (unpaired) electrons. The minimum Gasteiger partial charge on any atom is -0.490 e. The summed E-state index contributed by atoms with van der Waals surface area (Å²) in [6, 6.07) is 14.3. The average Bonchev–Trinajstić information content (AvgIpc) is 2.63. The summed E-state index contributed by atoms with van der Waals surface area (Å²) in [6.07, 6.45) is 0. The van der Waals surface area contributed by atoms with E-state index in [-0.39, 0.29) is 5.75 Å². The lowest BCUT2D eigenvalue weighted by atomic mass is 10.1. The van der Waals surface area contributed by atoms with Gasteiger partial charge in [0, 0.05) is 17.1 Å². The van der Waals surface area contributed by atoms with Crippen LogP contribution in [-0.2, 0) is 0 Å². The van der Waals surface area contributed by atoms with Gasteiger partial charge >= 0.3 is 5.97 Å². The second kappa shape index (κ2) is 7.54. The number of nitriles is 1. The number of pyridine rings is 1. The smallest absolute Gasteiger partial charge is 0.344 e. The lowest BCUT2D eigenvalue weighted by molar-refractivity contribution is 0.0729. The molecule has 130 valence electrons. The zero-order valence-electron chi connectivity index (χ0n) is 14.2. The number of hydrogen-bond acceptors (Lipinski definition) is 5. The fourth-order valence-corrected chi connectivity index (χ4v) is 3.14. The van der Waals surface area contributed by atoms with E-state index in [4.69, 9.17) is 14.7 Å². The zero-order chi connectivity index (χ0) is 18.7. The number of esters is 1. The van der Waals surface area contributed by atoms with Crippen molar-refractivity contribution in [1.29, 1.82) is 5.26 Å². The van der Waals surface area contributed by atoms with Crippen molar-refractivity contribution in [2.75, 3.05) is 6.61 Å². The van der Waals surface area contributed by atoms with E-state index in [0.717, 1.165) is 11.2 Å². The highest BCUT2D eigenvalue weighted by Gasteiger charge is 2.19. The number of aryl methyl sites for hydroxylation is 1. The zero-order valence-corrected chi connectivity index (χ0v) is 15.8. The van der Waals surface area contributed by atoms with Gasteiger partial charge < -0.3 is 9.47 Å². The van der Waals surface area contributed by atoms with Crippen LogP contribution >= 0.6 is 15.9 Å². The van der Waals surface area contributed by atoms with E-state index in [9.17, 15) is 4.79 Å². The normalized spacial score (nSPS) is 10.4. The Morgan fingerprint density at radius 2 is 2.04 bits per heavy atom. The van der Waals surface area contributed by atoms with Crippen molar-refractivity contribution in [1.82, 2.24) is 4.98 Å². The Balaban J connectivity index is 2.05. The molecule has 5 nitrogen and oxygen atoms in total. The van der Waals surface area contributed by atoms with E-state index >= 15 is 0 Å². The Kier molecular flexibility index (Phi) is 5.19. The molecule has 0 saturated carbocycles. The lowest BCUT2D eigenvalue weighted by Gasteiger charge is -2.14. The summed E-state index contributed by atoms with van der Waals surface area (Å²) in [4.78, 5) is 17.3. The lowest BCUT2D eigenvalue weighted by Crippen LogP contribution is -2.12. The van der Waals surface area contributed by atoms with Crippen LogP contribution in [0.2, 0.25) is 0 Å². The van der Waals surface area contributed by atoms with Gasteiger partial charge in [-0.15, -0.1) is 0 Å². The number of nitrogens with zero attached hydrogens (tertiary/aromatic N) is 2.